The van der Waals surface area contributed by atoms with Gasteiger partial charge in [0, 0.05) is 18.1 Å². The van der Waals surface area contributed by atoms with Gasteiger partial charge in [0.1, 0.15) is 12.4 Å². The van der Waals surface area contributed by atoms with Crippen LogP contribution < -0.4 is 9.47 Å². The Morgan fingerprint density at radius 1 is 0.861 bits per heavy atom. The van der Waals surface area contributed by atoms with Crippen LogP contribution in [0.1, 0.15) is 42.4 Å². The summed E-state index contributed by atoms with van der Waals surface area (Å²) in [4.78, 5) is 0. The Labute approximate surface area is 202 Å². The van der Waals surface area contributed by atoms with Crippen LogP contribution in [0, 0.1) is 29.1 Å². The van der Waals surface area contributed by atoms with E-state index in [0.717, 1.165) is 18.6 Å². The highest BCUT2D eigenvalue weighted by molar-refractivity contribution is 5.34. The average Bonchev–Trinajstić information content (AvgIpc) is 2.84. The maximum atomic E-state index is 14.6. The fraction of sp³-hybridized carbons (Fsp3) is 0.308. The lowest BCUT2D eigenvalue weighted by atomic mass is 9.91. The van der Waals surface area contributed by atoms with Crippen LogP contribution in [0.5, 0.6) is 11.5 Å². The van der Waals surface area contributed by atoms with Crippen LogP contribution in [-0.2, 0) is 17.5 Å². The lowest BCUT2D eigenvalue weighted by Crippen LogP contribution is -2.23. The number of ether oxygens (including phenoxy) is 3. The Kier molecular flexibility index (Phi) is 7.44. The molecule has 3 aromatic carbocycles. The van der Waals surface area contributed by atoms with Gasteiger partial charge in [-0.05, 0) is 49.1 Å². The molecule has 3 nitrogen and oxygen atoms in total. The van der Waals surface area contributed by atoms with Gasteiger partial charge in [0.05, 0.1) is 18.3 Å². The number of benzene rings is 3. The standard InChI is InChI=1S/C26H21F7O3/c1-14-2-5-16(13-34-14)19-8-9-22(25(31)23(19)29)35-12-15-3-6-17(7-4-15)26(32,33)36-18-10-20(27)24(30)21(28)11-18/h3-4,6-11,14,16H,2,5,12-13H2,1H3. The molecule has 1 heterocycles. The second-order valence-corrected chi connectivity index (χ2v) is 8.50. The van der Waals surface area contributed by atoms with E-state index >= 15 is 0 Å². The first-order valence-corrected chi connectivity index (χ1v) is 11.1. The van der Waals surface area contributed by atoms with Crippen LogP contribution >= 0.6 is 0 Å². The summed E-state index contributed by atoms with van der Waals surface area (Å²) in [5.41, 5.74) is -0.104. The fourth-order valence-corrected chi connectivity index (χ4v) is 3.86. The number of alkyl halides is 2. The van der Waals surface area contributed by atoms with E-state index in [2.05, 4.69) is 4.74 Å². The molecule has 1 saturated heterocycles. The van der Waals surface area contributed by atoms with Crippen molar-refractivity contribution in [1.82, 2.24) is 0 Å². The van der Waals surface area contributed by atoms with Crippen molar-refractivity contribution in [3.63, 3.8) is 0 Å². The van der Waals surface area contributed by atoms with Crippen molar-refractivity contribution < 1.29 is 44.9 Å². The molecule has 1 aliphatic heterocycles. The van der Waals surface area contributed by atoms with Crippen molar-refractivity contribution in [1.29, 1.82) is 0 Å². The summed E-state index contributed by atoms with van der Waals surface area (Å²) >= 11 is 0. The van der Waals surface area contributed by atoms with Gasteiger partial charge < -0.3 is 14.2 Å². The molecule has 0 aromatic heterocycles. The molecule has 0 saturated carbocycles. The largest absolute Gasteiger partial charge is 0.486 e. The maximum Gasteiger partial charge on any atom is 0.426 e. The van der Waals surface area contributed by atoms with Gasteiger partial charge in [-0.15, -0.1) is 0 Å². The SMILES string of the molecule is CC1CCC(c2ccc(OCc3ccc(C(F)(F)Oc4cc(F)c(F)c(F)c4)cc3)c(F)c2F)CO1. The molecule has 2 atom stereocenters. The quantitative estimate of drug-likeness (QED) is 0.243. The Morgan fingerprint density at radius 2 is 1.53 bits per heavy atom. The summed E-state index contributed by atoms with van der Waals surface area (Å²) < 4.78 is 113. The first-order chi connectivity index (χ1) is 17.0. The molecule has 10 heteroatoms. The normalized spacial score (nSPS) is 18.2. The van der Waals surface area contributed by atoms with Crippen LogP contribution in [0.4, 0.5) is 30.7 Å². The number of rotatable bonds is 7. The highest BCUT2D eigenvalue weighted by Gasteiger charge is 2.35. The monoisotopic (exact) mass is 514 g/mol. The van der Waals surface area contributed by atoms with E-state index in [1.165, 1.54) is 24.3 Å². The Morgan fingerprint density at radius 3 is 2.14 bits per heavy atom. The lowest BCUT2D eigenvalue weighted by molar-refractivity contribution is -0.185. The zero-order chi connectivity index (χ0) is 26.0. The summed E-state index contributed by atoms with van der Waals surface area (Å²) in [6.45, 7) is 1.96. The smallest absolute Gasteiger partial charge is 0.426 e. The van der Waals surface area contributed by atoms with Crippen molar-refractivity contribution in [2.45, 2.75) is 44.5 Å². The molecule has 0 N–H and O–H groups in total. The molecule has 0 amide bonds. The van der Waals surface area contributed by atoms with Crippen LogP contribution in [0.25, 0.3) is 0 Å². The molecule has 192 valence electrons. The van der Waals surface area contributed by atoms with E-state index in [1.54, 1.807) is 0 Å². The molecule has 4 rings (SSSR count). The molecular weight excluding hydrogens is 493 g/mol. The van der Waals surface area contributed by atoms with Crippen LogP contribution in [0.2, 0.25) is 0 Å². The third-order valence-electron chi connectivity index (χ3n) is 5.91. The minimum absolute atomic E-state index is 0.0728. The summed E-state index contributed by atoms with van der Waals surface area (Å²) in [5.74, 6) is -8.82. The molecular formula is C26H21F7O3. The second-order valence-electron chi connectivity index (χ2n) is 8.50. The summed E-state index contributed by atoms with van der Waals surface area (Å²) in [7, 11) is 0. The third kappa shape index (κ3) is 5.59. The van der Waals surface area contributed by atoms with Gasteiger partial charge in [-0.3, -0.25) is 0 Å². The minimum Gasteiger partial charge on any atom is -0.486 e. The Balaban J connectivity index is 1.41. The first-order valence-electron chi connectivity index (χ1n) is 11.1. The zero-order valence-corrected chi connectivity index (χ0v) is 19.0. The summed E-state index contributed by atoms with van der Waals surface area (Å²) in [6.07, 6.45) is -2.52. The van der Waals surface area contributed by atoms with E-state index in [9.17, 15) is 30.7 Å². The molecule has 2 unspecified atom stereocenters. The fourth-order valence-electron chi connectivity index (χ4n) is 3.86. The van der Waals surface area contributed by atoms with Crippen molar-refractivity contribution in [3.05, 3.63) is 94.3 Å². The first kappa shape index (κ1) is 25.8. The Bertz CT molecular complexity index is 1200. The van der Waals surface area contributed by atoms with Gasteiger partial charge in [-0.2, -0.15) is 13.2 Å². The van der Waals surface area contributed by atoms with Gasteiger partial charge in [0.25, 0.3) is 0 Å². The van der Waals surface area contributed by atoms with Gasteiger partial charge in [0.2, 0.25) is 5.82 Å². The van der Waals surface area contributed by atoms with Crippen molar-refractivity contribution in [3.8, 4) is 11.5 Å². The molecule has 36 heavy (non-hydrogen) atoms. The molecule has 1 fully saturated rings. The van der Waals surface area contributed by atoms with Crippen LogP contribution in [0.15, 0.2) is 48.5 Å². The molecule has 3 aromatic rings. The predicted molar refractivity (Wildman–Crippen MR) is 115 cm³/mol. The third-order valence-corrected chi connectivity index (χ3v) is 5.91. The summed E-state index contributed by atoms with van der Waals surface area (Å²) in [6, 6.07) is 7.77. The highest BCUT2D eigenvalue weighted by atomic mass is 19.3. The van der Waals surface area contributed by atoms with Crippen molar-refractivity contribution in [2.75, 3.05) is 6.61 Å². The van der Waals surface area contributed by atoms with E-state index in [4.69, 9.17) is 9.47 Å². The Hall–Kier alpha value is -3.27. The topological polar surface area (TPSA) is 27.7 Å². The van der Waals surface area contributed by atoms with Crippen LogP contribution in [-0.4, -0.2) is 12.7 Å². The predicted octanol–water partition coefficient (Wildman–Crippen LogP) is 7.37. The number of halogens is 7. The van der Waals surface area contributed by atoms with E-state index in [-0.39, 0.29) is 29.9 Å². The maximum absolute atomic E-state index is 14.6. The van der Waals surface area contributed by atoms with E-state index in [0.29, 0.717) is 30.7 Å². The molecule has 0 spiro atoms. The van der Waals surface area contributed by atoms with Gasteiger partial charge >= 0.3 is 6.11 Å². The average molecular weight is 514 g/mol. The minimum atomic E-state index is -4.00. The van der Waals surface area contributed by atoms with Crippen molar-refractivity contribution >= 4 is 0 Å². The number of hydrogen-bond acceptors (Lipinski definition) is 3. The number of hydrogen-bond donors (Lipinski definition) is 0. The van der Waals surface area contributed by atoms with Crippen molar-refractivity contribution in [2.24, 2.45) is 0 Å². The summed E-state index contributed by atoms with van der Waals surface area (Å²) in [5, 5.41) is 0. The van der Waals surface area contributed by atoms with Crippen LogP contribution in [0.3, 0.4) is 0 Å². The molecule has 0 radical (unpaired) electrons. The lowest BCUT2D eigenvalue weighted by Gasteiger charge is -2.27. The van der Waals surface area contributed by atoms with Gasteiger partial charge in [-0.1, -0.05) is 18.2 Å². The molecule has 0 bridgehead atoms. The highest BCUT2D eigenvalue weighted by Crippen LogP contribution is 2.35. The van der Waals surface area contributed by atoms with E-state index < -0.39 is 46.5 Å². The second kappa shape index (κ2) is 10.4. The molecule has 0 aliphatic carbocycles. The van der Waals surface area contributed by atoms with Gasteiger partial charge in [-0.25, -0.2) is 17.6 Å². The molecule has 1 aliphatic rings. The zero-order valence-electron chi connectivity index (χ0n) is 19.0. The van der Waals surface area contributed by atoms with Gasteiger partial charge in [0.15, 0.2) is 29.0 Å². The van der Waals surface area contributed by atoms with E-state index in [1.807, 2.05) is 6.92 Å².